The summed E-state index contributed by atoms with van der Waals surface area (Å²) in [5, 5.41) is 0.392. The summed E-state index contributed by atoms with van der Waals surface area (Å²) in [7, 11) is 0. The van der Waals surface area contributed by atoms with Gasteiger partial charge in [-0.2, -0.15) is 0 Å². The minimum absolute atomic E-state index is 0.347. The molecule has 26 heavy (non-hydrogen) atoms. The van der Waals surface area contributed by atoms with Gasteiger partial charge in [0.2, 0.25) is 0 Å². The molecule has 0 amide bonds. The first-order chi connectivity index (χ1) is 12.6. The fraction of sp³-hybridized carbons (Fsp3) is 0. The van der Waals surface area contributed by atoms with Crippen LogP contribution in [0.4, 0.5) is 13.9 Å². The van der Waals surface area contributed by atoms with Gasteiger partial charge in [0.05, 0.1) is 10.2 Å². The fourth-order valence-corrected chi connectivity index (χ4v) is 3.16. The largest absolute Gasteiger partial charge is 0.457 e. The lowest BCUT2D eigenvalue weighted by molar-refractivity contribution is 0.463. The number of nitrogens with zero attached hydrogens (tertiary/aromatic N) is 1. The third-order valence-corrected chi connectivity index (χ3v) is 4.45. The van der Waals surface area contributed by atoms with Crippen LogP contribution >= 0.6 is 11.3 Å². The Kier molecular flexibility index (Phi) is 4.14. The molecule has 2 N–H and O–H groups in total. The molecule has 1 heterocycles. The van der Waals surface area contributed by atoms with E-state index in [1.54, 1.807) is 12.1 Å². The SMILES string of the molecule is Nc1nc2cc(Oc3ccc(F)cc3)cc(Oc3ccc(F)cc3)c2s1. The van der Waals surface area contributed by atoms with Gasteiger partial charge in [0.1, 0.15) is 28.9 Å². The fourth-order valence-electron chi connectivity index (χ4n) is 2.40. The number of benzene rings is 3. The first-order valence-corrected chi connectivity index (χ1v) is 8.45. The molecule has 0 saturated heterocycles. The molecule has 0 spiro atoms. The maximum atomic E-state index is 13.1. The Morgan fingerprint density at radius 2 is 1.35 bits per heavy atom. The molecule has 130 valence electrons. The molecule has 0 fully saturated rings. The van der Waals surface area contributed by atoms with Crippen molar-refractivity contribution in [1.82, 2.24) is 4.98 Å². The summed E-state index contributed by atoms with van der Waals surface area (Å²) in [6, 6.07) is 14.8. The molecule has 4 nitrogen and oxygen atoms in total. The average molecular weight is 370 g/mol. The first-order valence-electron chi connectivity index (χ1n) is 7.64. The second-order valence-corrected chi connectivity index (χ2v) is 6.46. The summed E-state index contributed by atoms with van der Waals surface area (Å²) in [5.74, 6) is 1.20. The Hall–Kier alpha value is -3.19. The Morgan fingerprint density at radius 1 is 0.769 bits per heavy atom. The van der Waals surface area contributed by atoms with Crippen molar-refractivity contribution in [2.75, 3.05) is 5.73 Å². The predicted molar refractivity (Wildman–Crippen MR) is 97.0 cm³/mol. The zero-order chi connectivity index (χ0) is 18.1. The van der Waals surface area contributed by atoms with Crippen LogP contribution in [0.5, 0.6) is 23.0 Å². The Bertz CT molecular complexity index is 1060. The summed E-state index contributed by atoms with van der Waals surface area (Å²) < 4.78 is 38.5. The molecule has 0 bridgehead atoms. The van der Waals surface area contributed by atoms with Crippen molar-refractivity contribution >= 4 is 26.7 Å². The van der Waals surface area contributed by atoms with Gasteiger partial charge in [-0.3, -0.25) is 0 Å². The molecule has 0 atom stereocenters. The van der Waals surface area contributed by atoms with E-state index in [4.69, 9.17) is 15.2 Å². The van der Waals surface area contributed by atoms with Crippen molar-refractivity contribution in [3.8, 4) is 23.0 Å². The third kappa shape index (κ3) is 3.43. The summed E-state index contributed by atoms with van der Waals surface area (Å²) in [6.45, 7) is 0. The van der Waals surface area contributed by atoms with E-state index in [0.29, 0.717) is 33.6 Å². The number of ether oxygens (including phenoxy) is 2. The minimum atomic E-state index is -0.349. The maximum absolute atomic E-state index is 13.1. The van der Waals surface area contributed by atoms with Gasteiger partial charge in [0.25, 0.3) is 0 Å². The van der Waals surface area contributed by atoms with Gasteiger partial charge in [0.15, 0.2) is 10.9 Å². The van der Waals surface area contributed by atoms with Crippen molar-refractivity contribution in [2.45, 2.75) is 0 Å². The second-order valence-electron chi connectivity index (χ2n) is 5.43. The maximum Gasteiger partial charge on any atom is 0.181 e. The molecule has 0 aliphatic rings. The van der Waals surface area contributed by atoms with Crippen LogP contribution in [0.25, 0.3) is 10.2 Å². The smallest absolute Gasteiger partial charge is 0.181 e. The number of rotatable bonds is 4. The normalized spacial score (nSPS) is 10.8. The molecular formula is C19H12F2N2O2S. The van der Waals surface area contributed by atoms with Gasteiger partial charge in [-0.1, -0.05) is 11.3 Å². The lowest BCUT2D eigenvalue weighted by atomic mass is 10.2. The Balaban J connectivity index is 1.72. The van der Waals surface area contributed by atoms with Crippen LogP contribution in [-0.2, 0) is 0 Å². The number of nitrogens with two attached hydrogens (primary N) is 1. The monoisotopic (exact) mass is 370 g/mol. The summed E-state index contributed by atoms with van der Waals surface area (Å²) in [6.07, 6.45) is 0. The number of fused-ring (bicyclic) bond motifs is 1. The lowest BCUT2D eigenvalue weighted by Gasteiger charge is -2.10. The first kappa shape index (κ1) is 16.3. The van der Waals surface area contributed by atoms with Gasteiger partial charge in [0, 0.05) is 12.1 Å². The van der Waals surface area contributed by atoms with Gasteiger partial charge in [-0.05, 0) is 48.5 Å². The number of aromatic nitrogens is 1. The highest BCUT2D eigenvalue weighted by molar-refractivity contribution is 7.22. The van der Waals surface area contributed by atoms with Crippen LogP contribution in [0.15, 0.2) is 60.7 Å². The molecule has 0 radical (unpaired) electrons. The van der Waals surface area contributed by atoms with E-state index < -0.39 is 0 Å². The van der Waals surface area contributed by atoms with Crippen molar-refractivity contribution in [3.63, 3.8) is 0 Å². The molecule has 0 saturated carbocycles. The molecule has 1 aromatic heterocycles. The zero-order valence-electron chi connectivity index (χ0n) is 13.3. The number of nitrogen functional groups attached to an aromatic ring is 1. The number of anilines is 1. The Labute approximate surface area is 151 Å². The van der Waals surface area contributed by atoms with E-state index >= 15 is 0 Å². The minimum Gasteiger partial charge on any atom is -0.457 e. The second kappa shape index (κ2) is 6.61. The van der Waals surface area contributed by atoms with E-state index in [1.165, 1.54) is 59.9 Å². The van der Waals surface area contributed by atoms with E-state index in [9.17, 15) is 8.78 Å². The molecular weight excluding hydrogens is 358 g/mol. The number of halogens is 2. The average Bonchev–Trinajstić information content (AvgIpc) is 2.99. The topological polar surface area (TPSA) is 57.4 Å². The highest BCUT2D eigenvalue weighted by atomic mass is 32.1. The number of hydrogen-bond acceptors (Lipinski definition) is 5. The van der Waals surface area contributed by atoms with Crippen LogP contribution in [0.2, 0.25) is 0 Å². The molecule has 0 aliphatic heterocycles. The standard InChI is InChI=1S/C19H12F2N2O2S/c20-11-1-5-13(6-2-11)24-15-9-16-18(26-19(22)23-16)17(10-15)25-14-7-3-12(21)4-8-14/h1-10H,(H2,22,23). The summed E-state index contributed by atoms with van der Waals surface area (Å²) >= 11 is 1.28. The van der Waals surface area contributed by atoms with Gasteiger partial charge < -0.3 is 15.2 Å². The van der Waals surface area contributed by atoms with Crippen LogP contribution in [-0.4, -0.2) is 4.98 Å². The van der Waals surface area contributed by atoms with Gasteiger partial charge in [-0.25, -0.2) is 13.8 Å². The van der Waals surface area contributed by atoms with E-state index in [2.05, 4.69) is 4.98 Å². The van der Waals surface area contributed by atoms with Gasteiger partial charge in [-0.15, -0.1) is 0 Å². The van der Waals surface area contributed by atoms with Crippen molar-refractivity contribution in [3.05, 3.63) is 72.3 Å². The van der Waals surface area contributed by atoms with Crippen LogP contribution < -0.4 is 15.2 Å². The van der Waals surface area contributed by atoms with Crippen molar-refractivity contribution in [1.29, 1.82) is 0 Å². The number of thiazole rings is 1. The molecule has 3 aromatic carbocycles. The quantitative estimate of drug-likeness (QED) is 0.498. The zero-order valence-corrected chi connectivity index (χ0v) is 14.1. The molecule has 4 rings (SSSR count). The Morgan fingerprint density at radius 3 is 1.96 bits per heavy atom. The van der Waals surface area contributed by atoms with Crippen LogP contribution in [0.3, 0.4) is 0 Å². The predicted octanol–water partition coefficient (Wildman–Crippen LogP) is 5.74. The van der Waals surface area contributed by atoms with Crippen molar-refractivity contribution < 1.29 is 18.3 Å². The summed E-state index contributed by atoms with van der Waals surface area (Å²) in [5.41, 5.74) is 6.43. The van der Waals surface area contributed by atoms with E-state index in [0.717, 1.165) is 4.70 Å². The highest BCUT2D eigenvalue weighted by Crippen LogP contribution is 2.39. The van der Waals surface area contributed by atoms with Crippen molar-refractivity contribution in [2.24, 2.45) is 0 Å². The van der Waals surface area contributed by atoms with Crippen LogP contribution in [0, 0.1) is 11.6 Å². The van der Waals surface area contributed by atoms with Crippen LogP contribution in [0.1, 0.15) is 0 Å². The number of hydrogen-bond donors (Lipinski definition) is 1. The van der Waals surface area contributed by atoms with E-state index in [1.807, 2.05) is 0 Å². The summed E-state index contributed by atoms with van der Waals surface area (Å²) in [4.78, 5) is 4.26. The molecule has 4 aromatic rings. The molecule has 0 unspecified atom stereocenters. The molecule has 7 heteroatoms. The third-order valence-electron chi connectivity index (χ3n) is 3.54. The molecule has 0 aliphatic carbocycles. The van der Waals surface area contributed by atoms with Gasteiger partial charge >= 0.3 is 0 Å². The lowest BCUT2D eigenvalue weighted by Crippen LogP contribution is -1.89. The highest BCUT2D eigenvalue weighted by Gasteiger charge is 2.13. The van der Waals surface area contributed by atoms with E-state index in [-0.39, 0.29) is 11.6 Å².